The normalized spacial score (nSPS) is 11.0. The van der Waals surface area contributed by atoms with Crippen LogP contribution in [-0.4, -0.2) is 6.54 Å². The van der Waals surface area contributed by atoms with Crippen molar-refractivity contribution in [2.45, 2.75) is 110 Å². The average Bonchev–Trinajstić information content (AvgIpc) is 2.66. The predicted octanol–water partition coefficient (Wildman–Crippen LogP) is 7.94. The Bertz CT molecular complexity index is 399. The summed E-state index contributed by atoms with van der Waals surface area (Å²) in [5, 5.41) is 3.47. The molecule has 0 saturated heterocycles. The van der Waals surface area contributed by atoms with Gasteiger partial charge in [-0.2, -0.15) is 0 Å². The van der Waals surface area contributed by atoms with Crippen molar-refractivity contribution in [3.8, 4) is 0 Å². The van der Waals surface area contributed by atoms with Crippen molar-refractivity contribution < 1.29 is 0 Å². The monoisotopic (exact) mass is 360 g/mol. The molecule has 0 heterocycles. The van der Waals surface area contributed by atoms with Crippen LogP contribution in [-0.2, 0) is 0 Å². The van der Waals surface area contributed by atoms with Gasteiger partial charge in [0.05, 0.1) is 0 Å². The fraction of sp³-hybridized carbons (Fsp3) is 0.750. The van der Waals surface area contributed by atoms with Gasteiger partial charge in [0.25, 0.3) is 0 Å². The Kier molecular flexibility index (Phi) is 15.2. The van der Waals surface area contributed by atoms with Crippen LogP contribution in [0.25, 0.3) is 0 Å². The zero-order valence-electron chi connectivity index (χ0n) is 17.4. The van der Waals surface area contributed by atoms with Crippen LogP contribution < -0.4 is 11.1 Å². The topological polar surface area (TPSA) is 38.0 Å². The maximum Gasteiger partial charge on any atom is 0.0341 e. The minimum atomic E-state index is 0.831. The van der Waals surface area contributed by atoms with Crippen LogP contribution in [0.4, 0.5) is 11.4 Å². The molecule has 2 heteroatoms. The molecule has 0 radical (unpaired) electrons. The summed E-state index contributed by atoms with van der Waals surface area (Å²) in [7, 11) is 0. The van der Waals surface area contributed by atoms with Crippen LogP contribution in [0.1, 0.15) is 110 Å². The van der Waals surface area contributed by atoms with Crippen molar-refractivity contribution in [3.05, 3.63) is 24.3 Å². The third-order valence-electron chi connectivity index (χ3n) is 5.27. The second kappa shape index (κ2) is 17.2. The average molecular weight is 361 g/mol. The Morgan fingerprint density at radius 1 is 0.577 bits per heavy atom. The molecule has 0 aliphatic carbocycles. The highest BCUT2D eigenvalue weighted by Crippen LogP contribution is 2.14. The molecular formula is C24H44N2. The van der Waals surface area contributed by atoms with E-state index in [0.29, 0.717) is 0 Å². The molecule has 26 heavy (non-hydrogen) atoms. The van der Waals surface area contributed by atoms with Gasteiger partial charge < -0.3 is 11.1 Å². The van der Waals surface area contributed by atoms with Crippen LogP contribution in [0.15, 0.2) is 24.3 Å². The fourth-order valence-corrected chi connectivity index (χ4v) is 3.51. The van der Waals surface area contributed by atoms with Gasteiger partial charge in [0.2, 0.25) is 0 Å². The first-order valence-corrected chi connectivity index (χ1v) is 11.4. The Morgan fingerprint density at radius 2 is 0.962 bits per heavy atom. The van der Waals surface area contributed by atoms with E-state index in [1.165, 1.54) is 108 Å². The molecule has 0 aliphatic rings. The molecule has 0 aromatic heterocycles. The fourth-order valence-electron chi connectivity index (χ4n) is 3.51. The molecule has 0 fully saturated rings. The van der Waals surface area contributed by atoms with Gasteiger partial charge in [-0.1, -0.05) is 103 Å². The van der Waals surface area contributed by atoms with Crippen molar-refractivity contribution in [2.75, 3.05) is 17.6 Å². The number of hydrogen-bond acceptors (Lipinski definition) is 2. The molecule has 0 unspecified atom stereocenters. The van der Waals surface area contributed by atoms with E-state index >= 15 is 0 Å². The van der Waals surface area contributed by atoms with Gasteiger partial charge in [0.1, 0.15) is 0 Å². The highest BCUT2D eigenvalue weighted by molar-refractivity contribution is 5.51. The van der Waals surface area contributed by atoms with E-state index in [0.717, 1.165) is 12.2 Å². The number of benzene rings is 1. The highest BCUT2D eigenvalue weighted by Gasteiger charge is 1.95. The maximum atomic E-state index is 5.69. The van der Waals surface area contributed by atoms with Crippen LogP contribution in [0.3, 0.4) is 0 Å². The van der Waals surface area contributed by atoms with E-state index in [1.807, 2.05) is 12.1 Å². The molecule has 1 aromatic rings. The number of nitrogens with two attached hydrogens (primary N) is 1. The van der Waals surface area contributed by atoms with Crippen molar-refractivity contribution in [3.63, 3.8) is 0 Å². The summed E-state index contributed by atoms with van der Waals surface area (Å²) in [5.41, 5.74) is 7.71. The molecular weight excluding hydrogens is 316 g/mol. The summed E-state index contributed by atoms with van der Waals surface area (Å²) in [6.45, 7) is 3.36. The molecule has 0 spiro atoms. The zero-order chi connectivity index (χ0) is 18.7. The quantitative estimate of drug-likeness (QED) is 0.206. The van der Waals surface area contributed by atoms with Crippen LogP contribution in [0.2, 0.25) is 0 Å². The third kappa shape index (κ3) is 14.0. The second-order valence-corrected chi connectivity index (χ2v) is 7.85. The van der Waals surface area contributed by atoms with Gasteiger partial charge in [0.15, 0.2) is 0 Å². The first kappa shape index (κ1) is 22.9. The number of unbranched alkanes of at least 4 members (excludes halogenated alkanes) is 15. The van der Waals surface area contributed by atoms with Crippen LogP contribution >= 0.6 is 0 Å². The van der Waals surface area contributed by atoms with E-state index in [-0.39, 0.29) is 0 Å². The number of rotatable bonds is 18. The van der Waals surface area contributed by atoms with Gasteiger partial charge in [-0.15, -0.1) is 0 Å². The Labute approximate surface area is 163 Å². The summed E-state index contributed by atoms with van der Waals surface area (Å²) >= 11 is 0. The lowest BCUT2D eigenvalue weighted by molar-refractivity contribution is 0.530. The summed E-state index contributed by atoms with van der Waals surface area (Å²) < 4.78 is 0. The summed E-state index contributed by atoms with van der Waals surface area (Å²) in [6.07, 6.45) is 22.8. The SMILES string of the molecule is CCCCCCCCCCCCCCCCCCNc1ccc(N)cc1. The molecule has 2 nitrogen and oxygen atoms in total. The minimum absolute atomic E-state index is 0.831. The van der Waals surface area contributed by atoms with Gasteiger partial charge in [-0.3, -0.25) is 0 Å². The van der Waals surface area contributed by atoms with Crippen molar-refractivity contribution in [2.24, 2.45) is 0 Å². The minimum Gasteiger partial charge on any atom is -0.399 e. The van der Waals surface area contributed by atoms with Gasteiger partial charge in [0, 0.05) is 17.9 Å². The van der Waals surface area contributed by atoms with Crippen LogP contribution in [0.5, 0.6) is 0 Å². The molecule has 150 valence electrons. The molecule has 0 saturated carbocycles. The molecule has 1 rings (SSSR count). The predicted molar refractivity (Wildman–Crippen MR) is 119 cm³/mol. The summed E-state index contributed by atoms with van der Waals surface area (Å²) in [4.78, 5) is 0. The molecule has 3 N–H and O–H groups in total. The smallest absolute Gasteiger partial charge is 0.0341 e. The Morgan fingerprint density at radius 3 is 1.38 bits per heavy atom. The van der Waals surface area contributed by atoms with Crippen LogP contribution in [0, 0.1) is 0 Å². The van der Waals surface area contributed by atoms with E-state index in [9.17, 15) is 0 Å². The molecule has 0 amide bonds. The number of anilines is 2. The third-order valence-corrected chi connectivity index (χ3v) is 5.27. The number of hydrogen-bond donors (Lipinski definition) is 2. The number of nitrogen functional groups attached to an aromatic ring is 1. The Balaban J connectivity index is 1.72. The first-order valence-electron chi connectivity index (χ1n) is 11.4. The first-order chi connectivity index (χ1) is 12.8. The van der Waals surface area contributed by atoms with Crippen molar-refractivity contribution in [1.82, 2.24) is 0 Å². The van der Waals surface area contributed by atoms with Crippen molar-refractivity contribution in [1.29, 1.82) is 0 Å². The molecule has 1 aromatic carbocycles. The lowest BCUT2D eigenvalue weighted by atomic mass is 10.0. The second-order valence-electron chi connectivity index (χ2n) is 7.85. The summed E-state index contributed by atoms with van der Waals surface area (Å²) in [5.74, 6) is 0. The van der Waals surface area contributed by atoms with Gasteiger partial charge in [-0.25, -0.2) is 0 Å². The molecule has 0 bridgehead atoms. The van der Waals surface area contributed by atoms with E-state index in [4.69, 9.17) is 5.73 Å². The zero-order valence-corrected chi connectivity index (χ0v) is 17.4. The van der Waals surface area contributed by atoms with Gasteiger partial charge in [-0.05, 0) is 30.7 Å². The van der Waals surface area contributed by atoms with Gasteiger partial charge >= 0.3 is 0 Å². The lowest BCUT2D eigenvalue weighted by Crippen LogP contribution is -2.01. The largest absolute Gasteiger partial charge is 0.399 e. The maximum absolute atomic E-state index is 5.69. The van der Waals surface area contributed by atoms with Crippen molar-refractivity contribution >= 4 is 11.4 Å². The molecule has 0 aliphatic heterocycles. The highest BCUT2D eigenvalue weighted by atomic mass is 14.9. The standard InChI is InChI=1S/C24H44N2/c1-2-3-4-5-6-7-8-9-10-11-12-13-14-15-16-17-22-26-24-20-18-23(25)19-21-24/h18-21,26H,2-17,22,25H2,1H3. The number of nitrogens with one attached hydrogen (secondary N) is 1. The van der Waals surface area contributed by atoms with E-state index in [2.05, 4.69) is 24.4 Å². The van der Waals surface area contributed by atoms with E-state index in [1.54, 1.807) is 0 Å². The summed E-state index contributed by atoms with van der Waals surface area (Å²) in [6, 6.07) is 8.02. The molecule has 0 atom stereocenters. The lowest BCUT2D eigenvalue weighted by Gasteiger charge is -2.06. The Hall–Kier alpha value is -1.18. The van der Waals surface area contributed by atoms with E-state index < -0.39 is 0 Å².